The predicted molar refractivity (Wildman–Crippen MR) is 72.1 cm³/mol. The second kappa shape index (κ2) is 4.78. The standard InChI is InChI=1S/C13H10BrN3O/c14-8-11-13(18-10-4-3-6-15-9-10)16-12-5-1-2-7-17(11)12/h1-7,9H,8H2. The van der Waals surface area contributed by atoms with Crippen LogP contribution in [0.5, 0.6) is 11.6 Å². The second-order valence-electron chi connectivity index (χ2n) is 3.72. The van der Waals surface area contributed by atoms with Crippen molar-refractivity contribution in [1.29, 1.82) is 0 Å². The number of hydrogen-bond donors (Lipinski definition) is 0. The average Bonchev–Trinajstić information content (AvgIpc) is 2.77. The van der Waals surface area contributed by atoms with Crippen LogP contribution in [0.1, 0.15) is 5.69 Å². The van der Waals surface area contributed by atoms with Crippen molar-refractivity contribution in [3.63, 3.8) is 0 Å². The molecule has 0 radical (unpaired) electrons. The summed E-state index contributed by atoms with van der Waals surface area (Å²) in [6, 6.07) is 9.55. The quantitative estimate of drug-likeness (QED) is 0.696. The largest absolute Gasteiger partial charge is 0.436 e. The molecule has 0 bridgehead atoms. The third kappa shape index (κ3) is 1.97. The van der Waals surface area contributed by atoms with Gasteiger partial charge in [0.25, 0.3) is 0 Å². The van der Waals surface area contributed by atoms with Gasteiger partial charge in [0, 0.05) is 17.7 Å². The van der Waals surface area contributed by atoms with Crippen LogP contribution < -0.4 is 4.74 Å². The lowest BCUT2D eigenvalue weighted by atomic mass is 10.4. The molecule has 0 aliphatic rings. The van der Waals surface area contributed by atoms with E-state index in [0.717, 1.165) is 11.3 Å². The van der Waals surface area contributed by atoms with Crippen molar-refractivity contribution in [1.82, 2.24) is 14.4 Å². The Morgan fingerprint density at radius 1 is 1.22 bits per heavy atom. The Balaban J connectivity index is 2.06. The van der Waals surface area contributed by atoms with Gasteiger partial charge in [-0.2, -0.15) is 4.98 Å². The molecule has 3 rings (SSSR count). The molecule has 0 saturated heterocycles. The van der Waals surface area contributed by atoms with Gasteiger partial charge in [0.15, 0.2) is 0 Å². The van der Waals surface area contributed by atoms with Crippen LogP contribution in [-0.2, 0) is 5.33 Å². The fourth-order valence-corrected chi connectivity index (χ4v) is 2.26. The molecule has 0 saturated carbocycles. The zero-order chi connectivity index (χ0) is 12.4. The zero-order valence-corrected chi connectivity index (χ0v) is 11.0. The molecule has 3 aromatic rings. The third-order valence-corrected chi connectivity index (χ3v) is 3.10. The molecule has 0 aliphatic carbocycles. The highest BCUT2D eigenvalue weighted by Crippen LogP contribution is 2.26. The molecule has 4 nitrogen and oxygen atoms in total. The van der Waals surface area contributed by atoms with Crippen molar-refractivity contribution in [2.45, 2.75) is 5.33 Å². The van der Waals surface area contributed by atoms with Gasteiger partial charge >= 0.3 is 0 Å². The summed E-state index contributed by atoms with van der Waals surface area (Å²) in [4.78, 5) is 8.48. The van der Waals surface area contributed by atoms with Gasteiger partial charge in [-0.1, -0.05) is 22.0 Å². The highest BCUT2D eigenvalue weighted by molar-refractivity contribution is 9.08. The van der Waals surface area contributed by atoms with E-state index in [0.29, 0.717) is 17.0 Å². The minimum Gasteiger partial charge on any atom is -0.436 e. The van der Waals surface area contributed by atoms with E-state index in [1.807, 2.05) is 40.9 Å². The van der Waals surface area contributed by atoms with E-state index in [2.05, 4.69) is 25.9 Å². The van der Waals surface area contributed by atoms with Gasteiger partial charge in [-0.15, -0.1) is 0 Å². The normalized spacial score (nSPS) is 10.7. The number of imidazole rings is 1. The Kier molecular flexibility index (Phi) is 2.98. The monoisotopic (exact) mass is 303 g/mol. The number of ether oxygens (including phenoxy) is 1. The fraction of sp³-hybridized carbons (Fsp3) is 0.0769. The van der Waals surface area contributed by atoms with Crippen molar-refractivity contribution in [3.8, 4) is 11.6 Å². The molecule has 0 atom stereocenters. The molecule has 3 heterocycles. The summed E-state index contributed by atoms with van der Waals surface area (Å²) in [6.07, 6.45) is 5.35. The second-order valence-corrected chi connectivity index (χ2v) is 4.28. The van der Waals surface area contributed by atoms with Gasteiger partial charge in [-0.05, 0) is 24.3 Å². The minimum atomic E-state index is 0.603. The predicted octanol–water partition coefficient (Wildman–Crippen LogP) is 3.42. The molecular formula is C13H10BrN3O. The van der Waals surface area contributed by atoms with Crippen LogP contribution in [0.4, 0.5) is 0 Å². The van der Waals surface area contributed by atoms with Crippen molar-refractivity contribution >= 4 is 21.6 Å². The average molecular weight is 304 g/mol. The number of nitrogens with zero attached hydrogens (tertiary/aromatic N) is 3. The van der Waals surface area contributed by atoms with E-state index in [4.69, 9.17) is 4.74 Å². The van der Waals surface area contributed by atoms with Crippen LogP contribution in [0, 0.1) is 0 Å². The molecule has 0 aliphatic heterocycles. The maximum Gasteiger partial charge on any atom is 0.242 e. The van der Waals surface area contributed by atoms with Gasteiger partial charge in [-0.25, -0.2) is 0 Å². The van der Waals surface area contributed by atoms with E-state index >= 15 is 0 Å². The van der Waals surface area contributed by atoms with Gasteiger partial charge in [0.2, 0.25) is 5.88 Å². The van der Waals surface area contributed by atoms with Crippen molar-refractivity contribution in [2.75, 3.05) is 0 Å². The Labute approximate surface area is 112 Å². The van der Waals surface area contributed by atoms with Gasteiger partial charge in [0.1, 0.15) is 11.4 Å². The first kappa shape index (κ1) is 11.2. The molecule has 0 N–H and O–H groups in total. The van der Waals surface area contributed by atoms with E-state index in [-0.39, 0.29) is 0 Å². The smallest absolute Gasteiger partial charge is 0.242 e. The molecule has 0 aromatic carbocycles. The van der Waals surface area contributed by atoms with Crippen molar-refractivity contribution in [2.24, 2.45) is 0 Å². The number of rotatable bonds is 3. The lowest BCUT2D eigenvalue weighted by molar-refractivity contribution is 0.459. The number of hydrogen-bond acceptors (Lipinski definition) is 3. The first-order chi connectivity index (χ1) is 8.88. The molecular weight excluding hydrogens is 294 g/mol. The highest BCUT2D eigenvalue weighted by atomic mass is 79.9. The van der Waals surface area contributed by atoms with Crippen LogP contribution in [0.25, 0.3) is 5.65 Å². The lowest BCUT2D eigenvalue weighted by Gasteiger charge is -2.03. The van der Waals surface area contributed by atoms with Gasteiger partial charge < -0.3 is 4.74 Å². The number of halogens is 1. The molecule has 0 amide bonds. The molecule has 18 heavy (non-hydrogen) atoms. The van der Waals surface area contributed by atoms with E-state index < -0.39 is 0 Å². The lowest BCUT2D eigenvalue weighted by Crippen LogP contribution is -1.91. The topological polar surface area (TPSA) is 39.4 Å². The summed E-state index contributed by atoms with van der Waals surface area (Å²) in [5.41, 5.74) is 1.85. The van der Waals surface area contributed by atoms with E-state index in [9.17, 15) is 0 Å². The summed E-state index contributed by atoms with van der Waals surface area (Å²) >= 11 is 3.47. The van der Waals surface area contributed by atoms with Gasteiger partial charge in [0.05, 0.1) is 11.9 Å². The maximum atomic E-state index is 5.76. The molecule has 5 heteroatoms. The van der Waals surface area contributed by atoms with Crippen molar-refractivity contribution < 1.29 is 4.74 Å². The molecule has 0 fully saturated rings. The van der Waals surface area contributed by atoms with Crippen LogP contribution in [0.3, 0.4) is 0 Å². The van der Waals surface area contributed by atoms with Crippen LogP contribution in [-0.4, -0.2) is 14.4 Å². The Hall–Kier alpha value is -1.88. The van der Waals surface area contributed by atoms with Crippen LogP contribution >= 0.6 is 15.9 Å². The zero-order valence-electron chi connectivity index (χ0n) is 9.45. The summed E-state index contributed by atoms with van der Waals surface area (Å²) < 4.78 is 7.76. The van der Waals surface area contributed by atoms with E-state index in [1.54, 1.807) is 12.4 Å². The number of pyridine rings is 2. The molecule has 0 unspecified atom stereocenters. The molecule has 90 valence electrons. The van der Waals surface area contributed by atoms with Crippen LogP contribution in [0.15, 0.2) is 48.9 Å². The number of fused-ring (bicyclic) bond motifs is 1. The van der Waals surface area contributed by atoms with Crippen LogP contribution in [0.2, 0.25) is 0 Å². The minimum absolute atomic E-state index is 0.603. The number of alkyl halides is 1. The Morgan fingerprint density at radius 2 is 2.17 bits per heavy atom. The summed E-state index contributed by atoms with van der Waals surface area (Å²) in [6.45, 7) is 0. The molecule has 0 spiro atoms. The third-order valence-electron chi connectivity index (χ3n) is 2.57. The van der Waals surface area contributed by atoms with Gasteiger partial charge in [-0.3, -0.25) is 9.38 Å². The summed E-state index contributed by atoms with van der Waals surface area (Å²) in [5, 5.41) is 0.674. The summed E-state index contributed by atoms with van der Waals surface area (Å²) in [7, 11) is 0. The SMILES string of the molecule is BrCc1c(Oc2cccnc2)nc2ccccn12. The Morgan fingerprint density at radius 3 is 2.94 bits per heavy atom. The Bertz CT molecular complexity index is 666. The maximum absolute atomic E-state index is 5.76. The molecule has 3 aromatic heterocycles. The number of aromatic nitrogens is 3. The van der Waals surface area contributed by atoms with Crippen molar-refractivity contribution in [3.05, 3.63) is 54.6 Å². The fourth-order valence-electron chi connectivity index (χ4n) is 1.75. The summed E-state index contributed by atoms with van der Waals surface area (Å²) in [5.74, 6) is 1.29. The van der Waals surface area contributed by atoms with E-state index in [1.165, 1.54) is 0 Å². The highest BCUT2D eigenvalue weighted by Gasteiger charge is 2.12. The first-order valence-electron chi connectivity index (χ1n) is 5.48. The first-order valence-corrected chi connectivity index (χ1v) is 6.60.